The molecule has 0 aliphatic carbocycles. The predicted molar refractivity (Wildman–Crippen MR) is 90.8 cm³/mol. The first-order valence-corrected chi connectivity index (χ1v) is 14.4. The molecule has 2 unspecified atom stereocenters. The Morgan fingerprint density at radius 1 is 0.650 bits per heavy atom. The first-order valence-electron chi connectivity index (χ1n) is 7.00. The van der Waals surface area contributed by atoms with Gasteiger partial charge in [-0.2, -0.15) is 0 Å². The summed E-state index contributed by atoms with van der Waals surface area (Å²) in [4.78, 5) is 4.89. The van der Waals surface area contributed by atoms with Gasteiger partial charge in [0.05, 0.1) is 0 Å². The standard InChI is InChI=1S/C18H22Te2/c1-19-17(15-9-5-3-6-10-15)13-14-18(20-2)16-11-7-4-8-12-16/h3-12,17-18H,13-14H2,1-2H3. The molecule has 2 aromatic carbocycles. The Labute approximate surface area is 143 Å². The molecule has 0 N–H and O–H groups in total. The van der Waals surface area contributed by atoms with E-state index >= 15 is 0 Å². The molecule has 0 aromatic heterocycles. The summed E-state index contributed by atoms with van der Waals surface area (Å²) in [7, 11) is 0. The summed E-state index contributed by atoms with van der Waals surface area (Å²) >= 11 is 0.185. The first kappa shape index (κ1) is 16.4. The zero-order valence-corrected chi connectivity index (χ0v) is 16.8. The molecule has 0 aliphatic rings. The van der Waals surface area contributed by atoms with Crippen molar-refractivity contribution in [2.24, 2.45) is 0 Å². The molecule has 2 rings (SSSR count). The Hall–Kier alpha value is 0.0192. The molecule has 0 amide bonds. The number of hydrogen-bond acceptors (Lipinski definition) is 0. The maximum absolute atomic E-state index is 2.45. The van der Waals surface area contributed by atoms with Gasteiger partial charge in [-0.05, 0) is 0 Å². The Morgan fingerprint density at radius 2 is 1.00 bits per heavy atom. The van der Waals surface area contributed by atoms with Gasteiger partial charge in [0.15, 0.2) is 0 Å². The molecule has 0 aliphatic heterocycles. The molecule has 2 atom stereocenters. The summed E-state index contributed by atoms with van der Waals surface area (Å²) in [5.74, 6) is 0. The minimum atomic E-state index is 0.0925. The van der Waals surface area contributed by atoms with Gasteiger partial charge in [0.25, 0.3) is 0 Å². The Balaban J connectivity index is 1.99. The summed E-state index contributed by atoms with van der Waals surface area (Å²) in [6.07, 6.45) is 2.75. The van der Waals surface area contributed by atoms with Gasteiger partial charge in [-0.1, -0.05) is 0 Å². The molecule has 0 bridgehead atoms. The van der Waals surface area contributed by atoms with Gasteiger partial charge in [-0.25, -0.2) is 0 Å². The second kappa shape index (κ2) is 9.12. The molecule has 2 heteroatoms. The molecule has 0 radical (unpaired) electrons. The number of benzene rings is 2. The summed E-state index contributed by atoms with van der Waals surface area (Å²) in [5, 5.41) is 0. The van der Waals surface area contributed by atoms with Crippen molar-refractivity contribution in [3.8, 4) is 0 Å². The Bertz CT molecular complexity index is 434. The Morgan fingerprint density at radius 3 is 1.30 bits per heavy atom. The van der Waals surface area contributed by atoms with Crippen molar-refractivity contribution in [1.82, 2.24) is 0 Å². The van der Waals surface area contributed by atoms with E-state index in [1.54, 1.807) is 11.1 Å². The van der Waals surface area contributed by atoms with Gasteiger partial charge in [0.2, 0.25) is 0 Å². The third-order valence-electron chi connectivity index (χ3n) is 3.60. The van der Waals surface area contributed by atoms with Crippen LogP contribution in [0.2, 0.25) is 9.94 Å². The van der Waals surface area contributed by atoms with Crippen LogP contribution in [0.1, 0.15) is 31.9 Å². The Kier molecular flexibility index (Phi) is 7.48. The summed E-state index contributed by atoms with van der Waals surface area (Å²) < 4.78 is 1.71. The average Bonchev–Trinajstić information content (AvgIpc) is 2.53. The van der Waals surface area contributed by atoms with E-state index in [-0.39, 0.29) is 41.8 Å². The second-order valence-corrected chi connectivity index (χ2v) is 10.8. The van der Waals surface area contributed by atoms with Gasteiger partial charge >= 0.3 is 144 Å². The molecule has 0 spiro atoms. The number of rotatable bonds is 7. The minimum absolute atomic E-state index is 0.0925. The fraction of sp³-hybridized carbons (Fsp3) is 0.333. The molecular formula is C18H22Te2. The van der Waals surface area contributed by atoms with E-state index < -0.39 is 0 Å². The molecule has 0 saturated carbocycles. The van der Waals surface area contributed by atoms with E-state index in [2.05, 4.69) is 70.6 Å². The van der Waals surface area contributed by atoms with E-state index in [1.807, 2.05) is 0 Å². The summed E-state index contributed by atoms with van der Waals surface area (Å²) in [6.45, 7) is 0. The fourth-order valence-corrected chi connectivity index (χ4v) is 7.05. The van der Waals surface area contributed by atoms with E-state index in [1.165, 1.54) is 12.8 Å². The van der Waals surface area contributed by atoms with Crippen molar-refractivity contribution in [3.63, 3.8) is 0 Å². The van der Waals surface area contributed by atoms with Crippen LogP contribution in [-0.2, 0) is 0 Å². The van der Waals surface area contributed by atoms with Crippen molar-refractivity contribution >= 4 is 41.8 Å². The quantitative estimate of drug-likeness (QED) is 0.489. The van der Waals surface area contributed by atoms with Crippen LogP contribution in [0.4, 0.5) is 0 Å². The van der Waals surface area contributed by atoms with Gasteiger partial charge < -0.3 is 0 Å². The van der Waals surface area contributed by atoms with E-state index in [9.17, 15) is 0 Å². The predicted octanol–water partition coefficient (Wildman–Crippen LogP) is 4.75. The first-order chi connectivity index (χ1) is 9.85. The van der Waals surface area contributed by atoms with Gasteiger partial charge in [-0.3, -0.25) is 0 Å². The third-order valence-corrected chi connectivity index (χ3v) is 9.75. The molecule has 0 nitrogen and oxygen atoms in total. The fourth-order valence-electron chi connectivity index (χ4n) is 2.48. The molecular weight excluding hydrogens is 471 g/mol. The van der Waals surface area contributed by atoms with Crippen LogP contribution in [-0.4, -0.2) is 41.8 Å². The maximum atomic E-state index is 2.45. The molecule has 0 fully saturated rings. The molecule has 2 aromatic rings. The molecule has 20 heavy (non-hydrogen) atoms. The van der Waals surface area contributed by atoms with Crippen LogP contribution < -0.4 is 0 Å². The zero-order valence-electron chi connectivity index (χ0n) is 12.2. The van der Waals surface area contributed by atoms with Crippen LogP contribution in [0.3, 0.4) is 0 Å². The summed E-state index contributed by atoms with van der Waals surface area (Å²) in [6, 6.07) is 22.3. The van der Waals surface area contributed by atoms with Crippen molar-refractivity contribution in [3.05, 3.63) is 71.8 Å². The summed E-state index contributed by atoms with van der Waals surface area (Å²) in [5.41, 5.74) is 3.14. The average molecular weight is 494 g/mol. The van der Waals surface area contributed by atoms with Crippen molar-refractivity contribution in [2.45, 2.75) is 30.7 Å². The van der Waals surface area contributed by atoms with Crippen LogP contribution in [0, 0.1) is 0 Å². The monoisotopic (exact) mass is 498 g/mol. The zero-order chi connectivity index (χ0) is 14.2. The van der Waals surface area contributed by atoms with Crippen LogP contribution >= 0.6 is 0 Å². The molecule has 0 heterocycles. The van der Waals surface area contributed by atoms with Gasteiger partial charge in [0.1, 0.15) is 0 Å². The van der Waals surface area contributed by atoms with Crippen molar-refractivity contribution in [1.29, 1.82) is 0 Å². The van der Waals surface area contributed by atoms with Crippen LogP contribution in [0.15, 0.2) is 60.7 Å². The number of hydrogen-bond donors (Lipinski definition) is 0. The van der Waals surface area contributed by atoms with Gasteiger partial charge in [-0.15, -0.1) is 0 Å². The van der Waals surface area contributed by atoms with Crippen molar-refractivity contribution < 1.29 is 0 Å². The van der Waals surface area contributed by atoms with Crippen LogP contribution in [0.25, 0.3) is 0 Å². The van der Waals surface area contributed by atoms with E-state index in [4.69, 9.17) is 0 Å². The normalized spacial score (nSPS) is 13.9. The molecule has 106 valence electrons. The van der Waals surface area contributed by atoms with E-state index in [0.717, 1.165) is 7.93 Å². The van der Waals surface area contributed by atoms with Crippen LogP contribution in [0.5, 0.6) is 0 Å². The van der Waals surface area contributed by atoms with Gasteiger partial charge in [0, 0.05) is 0 Å². The second-order valence-electron chi connectivity index (χ2n) is 4.85. The van der Waals surface area contributed by atoms with E-state index in [0.29, 0.717) is 0 Å². The molecule has 0 saturated heterocycles. The topological polar surface area (TPSA) is 0 Å². The third kappa shape index (κ3) is 4.79. The van der Waals surface area contributed by atoms with Crippen molar-refractivity contribution in [2.75, 3.05) is 0 Å². The SMILES string of the molecule is C[Te]C(CCC([Te]C)c1ccccc1)c1ccccc1.